The van der Waals surface area contributed by atoms with Crippen LogP contribution >= 0.6 is 0 Å². The number of benzene rings is 2. The van der Waals surface area contributed by atoms with Gasteiger partial charge in [0.1, 0.15) is 5.75 Å². The van der Waals surface area contributed by atoms with E-state index in [2.05, 4.69) is 27.2 Å². The number of hydrogen-bond donors (Lipinski definition) is 4. The Hall–Kier alpha value is -4.53. The molecule has 0 saturated carbocycles. The number of amides is 3. The van der Waals surface area contributed by atoms with Crippen LogP contribution in [0.3, 0.4) is 0 Å². The highest BCUT2D eigenvalue weighted by Gasteiger charge is 2.46. The Bertz CT molecular complexity index is 1370. The number of nitrogen functional groups attached to an aromatic ring is 1. The second-order valence-electron chi connectivity index (χ2n) is 7.40. The number of halogens is 3. The second-order valence-corrected chi connectivity index (χ2v) is 7.40. The van der Waals surface area contributed by atoms with Gasteiger partial charge in [-0.05, 0) is 36.4 Å². The number of carbonyl (C=O) groups excluding carboxylic acids is 2. The molecule has 2 aromatic carbocycles. The maximum atomic E-state index is 12.7. The predicted molar refractivity (Wildman–Crippen MR) is 114 cm³/mol. The number of alkyl halides is 3. The lowest BCUT2D eigenvalue weighted by Gasteiger charge is -2.20. The molecule has 176 valence electrons. The summed E-state index contributed by atoms with van der Waals surface area (Å²) >= 11 is 0. The van der Waals surface area contributed by atoms with Gasteiger partial charge in [0.15, 0.2) is 11.6 Å². The van der Waals surface area contributed by atoms with E-state index in [1.807, 2.05) is 0 Å². The number of aromatic nitrogens is 1. The summed E-state index contributed by atoms with van der Waals surface area (Å²) in [6.45, 7) is -0.290. The summed E-state index contributed by atoms with van der Waals surface area (Å²) in [4.78, 5) is 24.6. The maximum Gasteiger partial charge on any atom is 0.573 e. The molecule has 1 aliphatic rings. The topological polar surface area (TPSA) is 128 Å². The van der Waals surface area contributed by atoms with Crippen LogP contribution in [0.25, 0.3) is 10.8 Å². The molecule has 1 saturated heterocycles. The van der Waals surface area contributed by atoms with E-state index in [0.29, 0.717) is 16.5 Å². The number of hydrogen-bond acceptors (Lipinski definition) is 6. The van der Waals surface area contributed by atoms with Crippen molar-refractivity contribution < 1.29 is 37.3 Å². The van der Waals surface area contributed by atoms with Crippen molar-refractivity contribution in [2.75, 3.05) is 12.8 Å². The summed E-state index contributed by atoms with van der Waals surface area (Å²) < 4.78 is 48.2. The van der Waals surface area contributed by atoms with Gasteiger partial charge in [-0.1, -0.05) is 11.8 Å². The first kappa shape index (κ1) is 22.7. The Labute approximate surface area is 190 Å². The quantitative estimate of drug-likeness (QED) is 0.261. The molecule has 0 aliphatic carbocycles. The molecule has 1 aliphatic heterocycles. The van der Waals surface area contributed by atoms with E-state index in [1.54, 1.807) is 24.4 Å². The number of rotatable bonds is 4. The molecule has 3 amide bonds. The molecule has 0 spiro atoms. The van der Waals surface area contributed by atoms with Crippen LogP contribution in [0.1, 0.15) is 5.56 Å². The molecule has 4 rings (SSSR count). The predicted octanol–water partition coefficient (Wildman–Crippen LogP) is 2.47. The van der Waals surface area contributed by atoms with Crippen LogP contribution in [-0.2, 0) is 11.3 Å². The molecule has 9 nitrogen and oxygen atoms in total. The van der Waals surface area contributed by atoms with Gasteiger partial charge in [-0.2, -0.15) is 0 Å². The smallest absolute Gasteiger partial charge is 0.497 e. The van der Waals surface area contributed by atoms with Crippen molar-refractivity contribution in [2.24, 2.45) is 0 Å². The minimum absolute atomic E-state index is 0.0494. The van der Waals surface area contributed by atoms with Gasteiger partial charge in [-0.15, -0.1) is 13.2 Å². The first-order valence-corrected chi connectivity index (χ1v) is 9.67. The first-order chi connectivity index (χ1) is 16.0. The zero-order valence-corrected chi connectivity index (χ0v) is 17.5. The lowest BCUT2D eigenvalue weighted by molar-refractivity contribution is -0.274. The molecule has 3 aromatic rings. The maximum absolute atomic E-state index is 12.7. The molecule has 0 unspecified atom stereocenters. The Balaban J connectivity index is 1.73. The number of methoxy groups -OCH3 is 1. The first-order valence-electron chi connectivity index (χ1n) is 9.67. The van der Waals surface area contributed by atoms with Crippen molar-refractivity contribution in [3.05, 3.63) is 48.2 Å². The molecule has 1 fully saturated rings. The summed E-state index contributed by atoms with van der Waals surface area (Å²) in [5, 5.41) is 16.3. The standard InChI is InChI=1S/C22H17F3N4O5/c1-33-14-4-3-13-10-29(18(30)15(13)9-14)11-21(19(31)27-20(32)28-21)7-6-12-2-5-16(26)17(8-12)34-22(23,24)25/h2-5,8-10,30H,11,26H2,1H3,(H2,27,28,31,32)/t21-/m1/s1. The molecule has 0 bridgehead atoms. The molecular formula is C22H17F3N4O5. The lowest BCUT2D eigenvalue weighted by atomic mass is 9.99. The lowest BCUT2D eigenvalue weighted by Crippen LogP contribution is -2.49. The number of aromatic hydroxyl groups is 1. The third-order valence-electron chi connectivity index (χ3n) is 5.08. The fourth-order valence-corrected chi connectivity index (χ4v) is 3.46. The zero-order valence-electron chi connectivity index (χ0n) is 17.5. The fraction of sp³-hybridized carbons (Fsp3) is 0.182. The van der Waals surface area contributed by atoms with Crippen molar-refractivity contribution in [3.8, 4) is 29.2 Å². The highest BCUT2D eigenvalue weighted by molar-refractivity contribution is 6.09. The number of imide groups is 1. The van der Waals surface area contributed by atoms with Crippen LogP contribution in [0.15, 0.2) is 42.6 Å². The summed E-state index contributed by atoms with van der Waals surface area (Å²) in [5.41, 5.74) is 3.49. The van der Waals surface area contributed by atoms with Crippen LogP contribution < -0.4 is 25.8 Å². The summed E-state index contributed by atoms with van der Waals surface area (Å²) in [6.07, 6.45) is -3.40. The van der Waals surface area contributed by atoms with Crippen molar-refractivity contribution >= 4 is 28.4 Å². The van der Waals surface area contributed by atoms with Crippen molar-refractivity contribution in [2.45, 2.75) is 18.4 Å². The van der Waals surface area contributed by atoms with Crippen molar-refractivity contribution in [1.29, 1.82) is 0 Å². The number of fused-ring (bicyclic) bond motifs is 1. The van der Waals surface area contributed by atoms with Crippen LogP contribution in [0.2, 0.25) is 0 Å². The molecular weight excluding hydrogens is 457 g/mol. The summed E-state index contributed by atoms with van der Waals surface area (Å²) in [5.74, 6) is 4.05. The molecule has 5 N–H and O–H groups in total. The van der Waals surface area contributed by atoms with E-state index < -0.39 is 29.6 Å². The zero-order chi connectivity index (χ0) is 24.7. The van der Waals surface area contributed by atoms with E-state index in [-0.39, 0.29) is 23.7 Å². The number of anilines is 1. The number of nitrogens with one attached hydrogen (secondary N) is 2. The third kappa shape index (κ3) is 4.36. The molecule has 34 heavy (non-hydrogen) atoms. The van der Waals surface area contributed by atoms with E-state index in [0.717, 1.165) is 6.07 Å². The highest BCUT2D eigenvalue weighted by Crippen LogP contribution is 2.32. The monoisotopic (exact) mass is 474 g/mol. The van der Waals surface area contributed by atoms with Crippen LogP contribution in [0.4, 0.5) is 23.7 Å². The molecule has 1 aromatic heterocycles. The highest BCUT2D eigenvalue weighted by atomic mass is 19.4. The summed E-state index contributed by atoms with van der Waals surface area (Å²) in [7, 11) is 1.47. The van der Waals surface area contributed by atoms with Gasteiger partial charge in [0, 0.05) is 22.5 Å². The van der Waals surface area contributed by atoms with E-state index >= 15 is 0 Å². The normalized spacial score (nSPS) is 17.6. The van der Waals surface area contributed by atoms with Gasteiger partial charge < -0.3 is 30.2 Å². The van der Waals surface area contributed by atoms with Gasteiger partial charge in [0.05, 0.1) is 19.3 Å². The minimum Gasteiger partial charge on any atom is -0.497 e. The average Bonchev–Trinajstić information content (AvgIpc) is 3.22. The number of urea groups is 1. The largest absolute Gasteiger partial charge is 0.573 e. The van der Waals surface area contributed by atoms with E-state index in [1.165, 1.54) is 23.8 Å². The Kier molecular flexibility index (Phi) is 5.40. The fourth-order valence-electron chi connectivity index (χ4n) is 3.46. The van der Waals surface area contributed by atoms with Gasteiger partial charge in [0.2, 0.25) is 5.54 Å². The Morgan fingerprint density at radius 2 is 1.97 bits per heavy atom. The van der Waals surface area contributed by atoms with Crippen LogP contribution in [-0.4, -0.2) is 40.6 Å². The summed E-state index contributed by atoms with van der Waals surface area (Å²) in [6, 6.07) is 7.65. The SMILES string of the molecule is COc1ccc2cn(C[C@@]3(C#Cc4ccc(N)c(OC(F)(F)F)c4)NC(=O)NC3=O)c(O)c2c1. The van der Waals surface area contributed by atoms with Gasteiger partial charge in [0.25, 0.3) is 5.91 Å². The number of nitrogens with zero attached hydrogens (tertiary/aromatic N) is 1. The number of carbonyl (C=O) groups is 2. The molecule has 2 heterocycles. The average molecular weight is 474 g/mol. The molecule has 1 atom stereocenters. The van der Waals surface area contributed by atoms with Crippen LogP contribution in [0.5, 0.6) is 17.4 Å². The Morgan fingerprint density at radius 3 is 2.62 bits per heavy atom. The van der Waals surface area contributed by atoms with Gasteiger partial charge in [-0.25, -0.2) is 4.79 Å². The molecule has 12 heteroatoms. The number of nitrogens with two attached hydrogens (primary N) is 1. The van der Waals surface area contributed by atoms with E-state index in [4.69, 9.17) is 10.5 Å². The van der Waals surface area contributed by atoms with Gasteiger partial charge in [-0.3, -0.25) is 10.1 Å². The van der Waals surface area contributed by atoms with Crippen molar-refractivity contribution in [3.63, 3.8) is 0 Å². The number of ether oxygens (including phenoxy) is 2. The van der Waals surface area contributed by atoms with Crippen molar-refractivity contribution in [1.82, 2.24) is 15.2 Å². The van der Waals surface area contributed by atoms with Crippen LogP contribution in [0, 0.1) is 11.8 Å². The third-order valence-corrected chi connectivity index (χ3v) is 5.08. The Morgan fingerprint density at radius 1 is 1.21 bits per heavy atom. The molecule has 0 radical (unpaired) electrons. The second kappa shape index (κ2) is 8.11. The van der Waals surface area contributed by atoms with E-state index in [9.17, 15) is 27.9 Å². The minimum atomic E-state index is -4.96. The van der Waals surface area contributed by atoms with Gasteiger partial charge >= 0.3 is 12.4 Å².